The van der Waals surface area contributed by atoms with Crippen LogP contribution in [0.2, 0.25) is 5.02 Å². The number of amides is 1. The van der Waals surface area contributed by atoms with Crippen molar-refractivity contribution in [3.8, 4) is 0 Å². The Labute approximate surface area is 187 Å². The highest BCUT2D eigenvalue weighted by Crippen LogP contribution is 2.28. The van der Waals surface area contributed by atoms with Gasteiger partial charge in [0.25, 0.3) is 5.91 Å². The van der Waals surface area contributed by atoms with Crippen molar-refractivity contribution < 1.29 is 17.6 Å². The number of piperidine rings is 1. The van der Waals surface area contributed by atoms with E-state index in [9.17, 15) is 17.6 Å². The number of anilines is 1. The van der Waals surface area contributed by atoms with Crippen LogP contribution in [0.3, 0.4) is 0 Å². The summed E-state index contributed by atoms with van der Waals surface area (Å²) in [6.07, 6.45) is 3.03. The standard InChI is InChI=1S/C22H25ClFN3O3S/c23-20-9-4-17(22(28)26-10-2-1-3-11-26)16-21(20)31(29,30)27-14-12-25(13-15-27)19-7-5-18(24)6-8-19/h4-9,16H,1-3,10-15H2. The first-order valence-electron chi connectivity index (χ1n) is 10.5. The lowest BCUT2D eigenvalue weighted by molar-refractivity contribution is 0.0724. The van der Waals surface area contributed by atoms with Crippen LogP contribution in [0.15, 0.2) is 47.4 Å². The van der Waals surface area contributed by atoms with Gasteiger partial charge in [-0.3, -0.25) is 4.79 Å². The van der Waals surface area contributed by atoms with Gasteiger partial charge in [0.15, 0.2) is 0 Å². The van der Waals surface area contributed by atoms with Crippen molar-refractivity contribution in [3.05, 3.63) is 58.9 Å². The number of rotatable bonds is 4. The Bertz CT molecular complexity index is 1050. The molecular formula is C22H25ClFN3O3S. The van der Waals surface area contributed by atoms with Crippen molar-refractivity contribution in [2.45, 2.75) is 24.2 Å². The highest BCUT2D eigenvalue weighted by Gasteiger charge is 2.31. The normalized spacial score (nSPS) is 18.3. The van der Waals surface area contributed by atoms with Crippen LogP contribution in [0, 0.1) is 5.82 Å². The molecule has 6 nitrogen and oxygen atoms in total. The molecule has 0 radical (unpaired) electrons. The van der Waals surface area contributed by atoms with E-state index in [0.717, 1.165) is 24.9 Å². The van der Waals surface area contributed by atoms with Crippen LogP contribution in [0.4, 0.5) is 10.1 Å². The number of hydrogen-bond acceptors (Lipinski definition) is 4. The number of nitrogens with zero attached hydrogens (tertiary/aromatic N) is 3. The molecule has 0 saturated carbocycles. The van der Waals surface area contributed by atoms with Gasteiger partial charge in [-0.2, -0.15) is 4.31 Å². The Morgan fingerprint density at radius 3 is 2.16 bits per heavy atom. The van der Waals surface area contributed by atoms with Crippen LogP contribution in [-0.4, -0.2) is 62.8 Å². The average Bonchev–Trinajstić information content (AvgIpc) is 2.80. The van der Waals surface area contributed by atoms with E-state index >= 15 is 0 Å². The SMILES string of the molecule is O=C(c1ccc(Cl)c(S(=O)(=O)N2CCN(c3ccc(F)cc3)CC2)c1)N1CCCCC1. The summed E-state index contributed by atoms with van der Waals surface area (Å²) in [4.78, 5) is 16.6. The number of halogens is 2. The van der Waals surface area contributed by atoms with E-state index in [1.54, 1.807) is 23.1 Å². The fraction of sp³-hybridized carbons (Fsp3) is 0.409. The van der Waals surface area contributed by atoms with Gasteiger partial charge in [-0.05, 0) is 61.7 Å². The molecule has 0 aliphatic carbocycles. The first-order valence-corrected chi connectivity index (χ1v) is 12.3. The molecule has 0 unspecified atom stereocenters. The van der Waals surface area contributed by atoms with Gasteiger partial charge in [-0.1, -0.05) is 11.6 Å². The minimum Gasteiger partial charge on any atom is -0.369 e. The van der Waals surface area contributed by atoms with Gasteiger partial charge in [-0.25, -0.2) is 12.8 Å². The van der Waals surface area contributed by atoms with Gasteiger partial charge >= 0.3 is 0 Å². The van der Waals surface area contributed by atoms with E-state index in [1.807, 2.05) is 4.90 Å². The predicted molar refractivity (Wildman–Crippen MR) is 119 cm³/mol. The Kier molecular flexibility index (Phi) is 6.50. The van der Waals surface area contributed by atoms with Crippen LogP contribution < -0.4 is 4.90 Å². The molecular weight excluding hydrogens is 441 g/mol. The second kappa shape index (κ2) is 9.14. The summed E-state index contributed by atoms with van der Waals surface area (Å²) < 4.78 is 41.1. The number of benzene rings is 2. The fourth-order valence-corrected chi connectivity index (χ4v) is 6.01. The molecule has 2 aromatic rings. The number of likely N-dealkylation sites (tertiary alicyclic amines) is 1. The minimum absolute atomic E-state index is 0.0349. The van der Waals surface area contributed by atoms with E-state index < -0.39 is 10.0 Å². The summed E-state index contributed by atoms with van der Waals surface area (Å²) in [5, 5.41) is 0.108. The molecule has 0 aromatic heterocycles. The second-order valence-corrected chi connectivity index (χ2v) is 10.2. The van der Waals surface area contributed by atoms with Crippen LogP contribution in [-0.2, 0) is 10.0 Å². The van der Waals surface area contributed by atoms with Crippen LogP contribution in [0.25, 0.3) is 0 Å². The molecule has 166 valence electrons. The first kappa shape index (κ1) is 22.0. The molecule has 2 saturated heterocycles. The van der Waals surface area contributed by atoms with Crippen molar-refractivity contribution in [1.29, 1.82) is 0 Å². The Balaban J connectivity index is 1.50. The first-order chi connectivity index (χ1) is 14.9. The van der Waals surface area contributed by atoms with Crippen LogP contribution >= 0.6 is 11.6 Å². The molecule has 0 N–H and O–H groups in total. The van der Waals surface area contributed by atoms with Crippen molar-refractivity contribution >= 4 is 33.2 Å². The number of piperazine rings is 1. The molecule has 2 aliphatic heterocycles. The predicted octanol–water partition coefficient (Wildman–Crippen LogP) is 3.62. The van der Waals surface area contributed by atoms with Gasteiger partial charge in [0.1, 0.15) is 10.7 Å². The quantitative estimate of drug-likeness (QED) is 0.692. The summed E-state index contributed by atoms with van der Waals surface area (Å²) in [7, 11) is -3.85. The molecule has 9 heteroatoms. The van der Waals surface area contributed by atoms with E-state index in [2.05, 4.69) is 0 Å². The number of carbonyl (C=O) groups excluding carboxylic acids is 1. The van der Waals surface area contributed by atoms with E-state index in [4.69, 9.17) is 11.6 Å². The zero-order valence-electron chi connectivity index (χ0n) is 17.1. The number of hydrogen-bond donors (Lipinski definition) is 0. The maximum atomic E-state index is 13.3. The zero-order valence-corrected chi connectivity index (χ0v) is 18.7. The van der Waals surface area contributed by atoms with Crippen molar-refractivity contribution in [2.24, 2.45) is 0 Å². The Hall–Kier alpha value is -2.16. The second-order valence-electron chi connectivity index (χ2n) is 7.87. The van der Waals surface area contributed by atoms with Gasteiger partial charge in [0.2, 0.25) is 10.0 Å². The van der Waals surface area contributed by atoms with E-state index in [0.29, 0.717) is 31.7 Å². The molecule has 2 fully saturated rings. The molecule has 31 heavy (non-hydrogen) atoms. The van der Waals surface area contributed by atoms with Crippen LogP contribution in [0.1, 0.15) is 29.6 Å². The van der Waals surface area contributed by atoms with Gasteiger partial charge in [-0.15, -0.1) is 0 Å². The smallest absolute Gasteiger partial charge is 0.253 e. The molecule has 0 atom stereocenters. The van der Waals surface area contributed by atoms with Crippen LogP contribution in [0.5, 0.6) is 0 Å². The zero-order chi connectivity index (χ0) is 22.0. The lowest BCUT2D eigenvalue weighted by atomic mass is 10.1. The lowest BCUT2D eigenvalue weighted by Crippen LogP contribution is -2.48. The number of carbonyl (C=O) groups is 1. The summed E-state index contributed by atoms with van der Waals surface area (Å²) >= 11 is 6.25. The van der Waals surface area contributed by atoms with Crippen molar-refractivity contribution in [3.63, 3.8) is 0 Å². The van der Waals surface area contributed by atoms with Crippen molar-refractivity contribution in [1.82, 2.24) is 9.21 Å². The molecule has 2 heterocycles. The summed E-state index contributed by atoms with van der Waals surface area (Å²) in [5.41, 5.74) is 1.19. The molecule has 4 rings (SSSR count). The molecule has 0 bridgehead atoms. The molecule has 0 spiro atoms. The van der Waals surface area contributed by atoms with Gasteiger partial charge in [0.05, 0.1) is 5.02 Å². The average molecular weight is 466 g/mol. The summed E-state index contributed by atoms with van der Waals surface area (Å²) in [6, 6.07) is 10.6. The topological polar surface area (TPSA) is 60.9 Å². The highest BCUT2D eigenvalue weighted by atomic mass is 35.5. The maximum Gasteiger partial charge on any atom is 0.253 e. The minimum atomic E-state index is -3.85. The van der Waals surface area contributed by atoms with Gasteiger partial charge in [0, 0.05) is 50.5 Å². The Morgan fingerprint density at radius 2 is 1.52 bits per heavy atom. The van der Waals surface area contributed by atoms with Crippen molar-refractivity contribution in [2.75, 3.05) is 44.2 Å². The summed E-state index contributed by atoms with van der Waals surface area (Å²) in [6.45, 7) is 2.90. The highest BCUT2D eigenvalue weighted by molar-refractivity contribution is 7.89. The fourth-order valence-electron chi connectivity index (χ4n) is 4.09. The molecule has 2 aromatic carbocycles. The largest absolute Gasteiger partial charge is 0.369 e. The van der Waals surface area contributed by atoms with Gasteiger partial charge < -0.3 is 9.80 Å². The maximum absolute atomic E-state index is 13.3. The Morgan fingerprint density at radius 1 is 0.871 bits per heavy atom. The monoisotopic (exact) mass is 465 g/mol. The lowest BCUT2D eigenvalue weighted by Gasteiger charge is -2.35. The third-order valence-electron chi connectivity index (χ3n) is 5.87. The summed E-state index contributed by atoms with van der Waals surface area (Å²) in [5.74, 6) is -0.465. The molecule has 2 aliphatic rings. The third kappa shape index (κ3) is 4.71. The number of sulfonamides is 1. The van der Waals surface area contributed by atoms with E-state index in [-0.39, 0.29) is 34.7 Å². The third-order valence-corrected chi connectivity index (χ3v) is 8.25. The van der Waals surface area contributed by atoms with E-state index in [1.165, 1.54) is 28.6 Å². The molecule has 1 amide bonds.